The fraction of sp³-hybridized carbons (Fsp3) is 0.188. The minimum atomic E-state index is 0.0465. The lowest BCUT2D eigenvalue weighted by Gasteiger charge is -2.12. The SMILES string of the molecule is CCC(=O)c1cc(OC)ccc1Nc1ccc(O)cc1. The summed E-state index contributed by atoms with van der Waals surface area (Å²) >= 11 is 0. The molecule has 0 saturated heterocycles. The van der Waals surface area contributed by atoms with Crippen LogP contribution < -0.4 is 10.1 Å². The highest BCUT2D eigenvalue weighted by Crippen LogP contribution is 2.27. The monoisotopic (exact) mass is 271 g/mol. The van der Waals surface area contributed by atoms with Crippen LogP contribution in [-0.4, -0.2) is 18.0 Å². The van der Waals surface area contributed by atoms with Crippen LogP contribution in [-0.2, 0) is 0 Å². The van der Waals surface area contributed by atoms with E-state index in [4.69, 9.17) is 4.74 Å². The number of carbonyl (C=O) groups is 1. The molecule has 0 fully saturated rings. The van der Waals surface area contributed by atoms with Gasteiger partial charge in [-0.25, -0.2) is 0 Å². The van der Waals surface area contributed by atoms with Crippen molar-refractivity contribution in [1.29, 1.82) is 0 Å². The summed E-state index contributed by atoms with van der Waals surface area (Å²) < 4.78 is 5.16. The second-order valence-electron chi connectivity index (χ2n) is 4.36. The molecule has 0 aliphatic heterocycles. The maximum Gasteiger partial charge on any atom is 0.164 e. The van der Waals surface area contributed by atoms with E-state index in [-0.39, 0.29) is 11.5 Å². The fourth-order valence-electron chi connectivity index (χ4n) is 1.88. The number of ether oxygens (including phenoxy) is 1. The van der Waals surface area contributed by atoms with E-state index in [9.17, 15) is 9.90 Å². The highest BCUT2D eigenvalue weighted by molar-refractivity contribution is 6.02. The van der Waals surface area contributed by atoms with E-state index in [0.29, 0.717) is 17.7 Å². The molecule has 0 unspecified atom stereocenters. The number of carbonyl (C=O) groups excluding carboxylic acids is 1. The molecule has 0 aromatic heterocycles. The van der Waals surface area contributed by atoms with Crippen molar-refractivity contribution in [1.82, 2.24) is 0 Å². The molecule has 20 heavy (non-hydrogen) atoms. The van der Waals surface area contributed by atoms with Crippen LogP contribution in [0.3, 0.4) is 0 Å². The summed E-state index contributed by atoms with van der Waals surface area (Å²) in [5, 5.41) is 12.5. The predicted octanol–water partition coefficient (Wildman–Crippen LogP) is 3.74. The van der Waals surface area contributed by atoms with Crippen molar-refractivity contribution >= 4 is 17.2 Å². The van der Waals surface area contributed by atoms with Gasteiger partial charge in [-0.05, 0) is 42.5 Å². The summed E-state index contributed by atoms with van der Waals surface area (Å²) in [5.41, 5.74) is 2.13. The fourth-order valence-corrected chi connectivity index (χ4v) is 1.88. The summed E-state index contributed by atoms with van der Waals surface area (Å²) in [7, 11) is 1.57. The Morgan fingerprint density at radius 3 is 2.50 bits per heavy atom. The van der Waals surface area contributed by atoms with Crippen molar-refractivity contribution in [2.24, 2.45) is 0 Å². The van der Waals surface area contributed by atoms with Gasteiger partial charge in [0.25, 0.3) is 0 Å². The van der Waals surface area contributed by atoms with Crippen molar-refractivity contribution in [3.63, 3.8) is 0 Å². The molecular weight excluding hydrogens is 254 g/mol. The Kier molecular flexibility index (Phi) is 4.25. The summed E-state index contributed by atoms with van der Waals surface area (Å²) in [6.07, 6.45) is 0.428. The lowest BCUT2D eigenvalue weighted by Crippen LogP contribution is -2.03. The molecule has 2 aromatic rings. The number of nitrogens with one attached hydrogen (secondary N) is 1. The molecule has 2 N–H and O–H groups in total. The molecule has 0 aliphatic carbocycles. The lowest BCUT2D eigenvalue weighted by atomic mass is 10.1. The lowest BCUT2D eigenvalue weighted by molar-refractivity contribution is 0.0988. The molecule has 2 aromatic carbocycles. The standard InChI is InChI=1S/C16H17NO3/c1-3-16(19)14-10-13(20-2)8-9-15(14)17-11-4-6-12(18)7-5-11/h4-10,17-18H,3H2,1-2H3. The molecule has 4 heteroatoms. The second-order valence-corrected chi connectivity index (χ2v) is 4.36. The van der Waals surface area contributed by atoms with E-state index in [2.05, 4.69) is 5.32 Å². The molecule has 0 bridgehead atoms. The number of hydrogen-bond acceptors (Lipinski definition) is 4. The zero-order chi connectivity index (χ0) is 14.5. The van der Waals surface area contributed by atoms with Gasteiger partial charge in [0.2, 0.25) is 0 Å². The molecule has 0 aliphatic rings. The third kappa shape index (κ3) is 3.09. The van der Waals surface area contributed by atoms with Crippen LogP contribution in [0.5, 0.6) is 11.5 Å². The molecule has 0 radical (unpaired) electrons. The number of ketones is 1. The molecule has 104 valence electrons. The highest BCUT2D eigenvalue weighted by Gasteiger charge is 2.11. The number of phenolic OH excluding ortho intramolecular Hbond substituents is 1. The van der Waals surface area contributed by atoms with Crippen molar-refractivity contribution in [3.05, 3.63) is 48.0 Å². The van der Waals surface area contributed by atoms with Crippen LogP contribution in [0.1, 0.15) is 23.7 Å². The van der Waals surface area contributed by atoms with Gasteiger partial charge in [-0.2, -0.15) is 0 Å². The summed E-state index contributed by atoms with van der Waals surface area (Å²) in [6, 6.07) is 12.0. The summed E-state index contributed by atoms with van der Waals surface area (Å²) in [6.45, 7) is 1.83. The Hall–Kier alpha value is -2.49. The zero-order valence-corrected chi connectivity index (χ0v) is 11.5. The first-order valence-electron chi connectivity index (χ1n) is 6.41. The maximum absolute atomic E-state index is 12.0. The predicted molar refractivity (Wildman–Crippen MR) is 79.0 cm³/mol. The average molecular weight is 271 g/mol. The van der Waals surface area contributed by atoms with Gasteiger partial charge in [-0.3, -0.25) is 4.79 Å². The smallest absolute Gasteiger partial charge is 0.164 e. The van der Waals surface area contributed by atoms with Crippen LogP contribution in [0.25, 0.3) is 0 Å². The molecule has 0 heterocycles. The second kappa shape index (κ2) is 6.10. The third-order valence-corrected chi connectivity index (χ3v) is 2.99. The van der Waals surface area contributed by atoms with Crippen LogP contribution in [0.2, 0.25) is 0 Å². The van der Waals surface area contributed by atoms with Gasteiger partial charge in [-0.15, -0.1) is 0 Å². The first kappa shape index (κ1) is 13.9. The minimum absolute atomic E-state index is 0.0465. The van der Waals surface area contributed by atoms with Gasteiger partial charge in [0.15, 0.2) is 5.78 Å². The quantitative estimate of drug-likeness (QED) is 0.642. The van der Waals surface area contributed by atoms with Gasteiger partial charge in [0.05, 0.1) is 7.11 Å². The Balaban J connectivity index is 2.35. The van der Waals surface area contributed by atoms with Crippen molar-refractivity contribution in [2.45, 2.75) is 13.3 Å². The van der Waals surface area contributed by atoms with E-state index in [1.165, 1.54) is 0 Å². The number of Topliss-reactive ketones (excluding diaryl/α,β-unsaturated/α-hetero) is 1. The third-order valence-electron chi connectivity index (χ3n) is 2.99. The van der Waals surface area contributed by atoms with E-state index < -0.39 is 0 Å². The Labute approximate surface area is 118 Å². The van der Waals surface area contributed by atoms with Crippen molar-refractivity contribution in [2.75, 3.05) is 12.4 Å². The zero-order valence-electron chi connectivity index (χ0n) is 11.5. The molecular formula is C16H17NO3. The van der Waals surface area contributed by atoms with E-state index in [0.717, 1.165) is 11.4 Å². The summed E-state index contributed by atoms with van der Waals surface area (Å²) in [5.74, 6) is 0.901. The van der Waals surface area contributed by atoms with Gasteiger partial charge in [0, 0.05) is 23.4 Å². The minimum Gasteiger partial charge on any atom is -0.508 e. The van der Waals surface area contributed by atoms with Crippen LogP contribution in [0.4, 0.5) is 11.4 Å². The molecule has 2 rings (SSSR count). The molecule has 0 amide bonds. The number of hydrogen-bond donors (Lipinski definition) is 2. The number of benzene rings is 2. The van der Waals surface area contributed by atoms with Gasteiger partial charge in [-0.1, -0.05) is 6.92 Å². The maximum atomic E-state index is 12.0. The molecule has 0 spiro atoms. The number of methoxy groups -OCH3 is 1. The summed E-state index contributed by atoms with van der Waals surface area (Å²) in [4.78, 5) is 12.0. The Bertz CT molecular complexity index is 606. The molecule has 4 nitrogen and oxygen atoms in total. The van der Waals surface area contributed by atoms with Gasteiger partial charge < -0.3 is 15.2 Å². The number of aromatic hydroxyl groups is 1. The Morgan fingerprint density at radius 1 is 1.20 bits per heavy atom. The first-order valence-corrected chi connectivity index (χ1v) is 6.41. The number of phenols is 1. The molecule has 0 saturated carbocycles. The van der Waals surface area contributed by atoms with Gasteiger partial charge in [0.1, 0.15) is 11.5 Å². The van der Waals surface area contributed by atoms with Crippen molar-refractivity contribution < 1.29 is 14.6 Å². The van der Waals surface area contributed by atoms with Crippen LogP contribution in [0.15, 0.2) is 42.5 Å². The van der Waals surface area contributed by atoms with Gasteiger partial charge >= 0.3 is 0 Å². The van der Waals surface area contributed by atoms with E-state index >= 15 is 0 Å². The van der Waals surface area contributed by atoms with E-state index in [1.54, 1.807) is 43.5 Å². The van der Waals surface area contributed by atoms with Crippen LogP contribution in [0, 0.1) is 0 Å². The highest BCUT2D eigenvalue weighted by atomic mass is 16.5. The number of anilines is 2. The van der Waals surface area contributed by atoms with Crippen molar-refractivity contribution in [3.8, 4) is 11.5 Å². The largest absolute Gasteiger partial charge is 0.508 e. The average Bonchev–Trinajstić information content (AvgIpc) is 2.49. The van der Waals surface area contributed by atoms with E-state index in [1.807, 2.05) is 13.0 Å². The normalized spacial score (nSPS) is 10.1. The molecule has 0 atom stereocenters. The topological polar surface area (TPSA) is 58.6 Å². The first-order chi connectivity index (χ1) is 9.63. The number of rotatable bonds is 5. The Morgan fingerprint density at radius 2 is 1.90 bits per heavy atom. The van der Waals surface area contributed by atoms with Crippen LogP contribution >= 0.6 is 0 Å².